The van der Waals surface area contributed by atoms with Crippen LogP contribution in [-0.4, -0.2) is 47.5 Å². The average Bonchev–Trinajstić information content (AvgIpc) is 3.03. The second kappa shape index (κ2) is 7.11. The standard InChI is InChI=1S/C19H21N5O2S/c1-2-24(15-9-12-27(25,26)13-15)17-8-11-21-19(23-17)22-16-7-3-5-14-6-4-10-20-18(14)16/h3-8,10-11,15H,2,9,12-13H2,1H3,(H,21,22,23). The van der Waals surface area contributed by atoms with E-state index in [1.165, 1.54) is 0 Å². The zero-order valence-electron chi connectivity index (χ0n) is 15.0. The summed E-state index contributed by atoms with van der Waals surface area (Å²) in [6.45, 7) is 2.70. The van der Waals surface area contributed by atoms with Crippen LogP contribution in [0.1, 0.15) is 13.3 Å². The molecule has 0 saturated carbocycles. The molecular formula is C19H21N5O2S. The van der Waals surface area contributed by atoms with Crippen LogP contribution in [0.2, 0.25) is 0 Å². The summed E-state index contributed by atoms with van der Waals surface area (Å²) in [4.78, 5) is 15.4. The normalized spacial score (nSPS) is 18.5. The van der Waals surface area contributed by atoms with Gasteiger partial charge in [-0.2, -0.15) is 4.98 Å². The van der Waals surface area contributed by atoms with E-state index < -0.39 is 9.84 Å². The minimum atomic E-state index is -2.95. The van der Waals surface area contributed by atoms with Gasteiger partial charge in [0.25, 0.3) is 0 Å². The lowest BCUT2D eigenvalue weighted by molar-refractivity contribution is 0.599. The summed E-state index contributed by atoms with van der Waals surface area (Å²) in [5.41, 5.74) is 1.68. The first kappa shape index (κ1) is 17.7. The zero-order chi connectivity index (χ0) is 18.9. The van der Waals surface area contributed by atoms with Crippen molar-refractivity contribution in [2.75, 3.05) is 28.3 Å². The van der Waals surface area contributed by atoms with Crippen molar-refractivity contribution in [1.29, 1.82) is 0 Å². The molecule has 4 rings (SSSR count). The number of nitrogens with zero attached hydrogens (tertiary/aromatic N) is 4. The number of sulfone groups is 1. The summed E-state index contributed by atoms with van der Waals surface area (Å²) in [6.07, 6.45) is 4.08. The lowest BCUT2D eigenvalue weighted by Crippen LogP contribution is -2.36. The van der Waals surface area contributed by atoms with Crippen LogP contribution in [0.3, 0.4) is 0 Å². The molecule has 140 valence electrons. The van der Waals surface area contributed by atoms with E-state index in [2.05, 4.69) is 20.3 Å². The second-order valence-electron chi connectivity index (χ2n) is 6.59. The van der Waals surface area contributed by atoms with Crippen LogP contribution in [0.5, 0.6) is 0 Å². The maximum absolute atomic E-state index is 11.8. The van der Waals surface area contributed by atoms with Gasteiger partial charge in [0.2, 0.25) is 5.95 Å². The van der Waals surface area contributed by atoms with E-state index in [-0.39, 0.29) is 17.5 Å². The molecule has 1 aliphatic heterocycles. The second-order valence-corrected chi connectivity index (χ2v) is 8.82. The highest BCUT2D eigenvalue weighted by molar-refractivity contribution is 7.91. The summed E-state index contributed by atoms with van der Waals surface area (Å²) in [7, 11) is -2.95. The van der Waals surface area contributed by atoms with Gasteiger partial charge < -0.3 is 10.2 Å². The highest BCUT2D eigenvalue weighted by Gasteiger charge is 2.32. The van der Waals surface area contributed by atoms with Gasteiger partial charge >= 0.3 is 0 Å². The fourth-order valence-corrected chi connectivity index (χ4v) is 5.25. The van der Waals surface area contributed by atoms with Gasteiger partial charge in [-0.25, -0.2) is 13.4 Å². The monoisotopic (exact) mass is 383 g/mol. The molecule has 0 radical (unpaired) electrons. The molecule has 8 heteroatoms. The summed E-state index contributed by atoms with van der Waals surface area (Å²) in [6, 6.07) is 11.6. The number of hydrogen-bond donors (Lipinski definition) is 1. The lowest BCUT2D eigenvalue weighted by atomic mass is 10.2. The molecule has 1 atom stereocenters. The molecule has 1 aliphatic rings. The minimum absolute atomic E-state index is 0.0398. The third-order valence-corrected chi connectivity index (χ3v) is 6.55. The van der Waals surface area contributed by atoms with Crippen molar-refractivity contribution in [2.45, 2.75) is 19.4 Å². The van der Waals surface area contributed by atoms with Gasteiger partial charge in [-0.15, -0.1) is 0 Å². The molecule has 0 amide bonds. The number of rotatable bonds is 5. The molecule has 3 heterocycles. The predicted octanol–water partition coefficient (Wildman–Crippen LogP) is 2.78. The number of hydrogen-bond acceptors (Lipinski definition) is 7. The highest BCUT2D eigenvalue weighted by atomic mass is 32.2. The van der Waals surface area contributed by atoms with E-state index in [4.69, 9.17) is 0 Å². The van der Waals surface area contributed by atoms with Gasteiger partial charge in [0.15, 0.2) is 9.84 Å². The van der Waals surface area contributed by atoms with E-state index in [0.29, 0.717) is 18.9 Å². The van der Waals surface area contributed by atoms with Crippen LogP contribution < -0.4 is 10.2 Å². The number of nitrogens with one attached hydrogen (secondary N) is 1. The maximum atomic E-state index is 11.8. The summed E-state index contributed by atoms with van der Waals surface area (Å²) in [5.74, 6) is 1.61. The largest absolute Gasteiger partial charge is 0.353 e. The fourth-order valence-electron chi connectivity index (χ4n) is 3.52. The maximum Gasteiger partial charge on any atom is 0.229 e. The number of aromatic nitrogens is 3. The first-order chi connectivity index (χ1) is 13.1. The molecule has 1 aromatic carbocycles. The van der Waals surface area contributed by atoms with Crippen molar-refractivity contribution in [3.8, 4) is 0 Å². The van der Waals surface area contributed by atoms with E-state index in [9.17, 15) is 8.42 Å². The molecule has 1 saturated heterocycles. The lowest BCUT2D eigenvalue weighted by Gasteiger charge is -2.28. The number of para-hydroxylation sites is 1. The Bertz CT molecular complexity index is 1070. The van der Waals surface area contributed by atoms with E-state index >= 15 is 0 Å². The molecule has 7 nitrogen and oxygen atoms in total. The van der Waals surface area contributed by atoms with Gasteiger partial charge in [0.05, 0.1) is 22.7 Å². The topological polar surface area (TPSA) is 88.1 Å². The molecule has 0 aliphatic carbocycles. The third kappa shape index (κ3) is 3.71. The summed E-state index contributed by atoms with van der Waals surface area (Å²) >= 11 is 0. The van der Waals surface area contributed by atoms with Crippen molar-refractivity contribution in [2.24, 2.45) is 0 Å². The van der Waals surface area contributed by atoms with Gasteiger partial charge in [-0.05, 0) is 31.5 Å². The molecule has 0 bridgehead atoms. The van der Waals surface area contributed by atoms with Crippen LogP contribution in [-0.2, 0) is 9.84 Å². The van der Waals surface area contributed by atoms with Crippen molar-refractivity contribution in [1.82, 2.24) is 15.0 Å². The molecule has 1 unspecified atom stereocenters. The molecule has 0 spiro atoms. The van der Waals surface area contributed by atoms with E-state index in [0.717, 1.165) is 22.4 Å². The Morgan fingerprint density at radius 1 is 1.15 bits per heavy atom. The fraction of sp³-hybridized carbons (Fsp3) is 0.316. The first-order valence-electron chi connectivity index (χ1n) is 8.96. The van der Waals surface area contributed by atoms with Crippen LogP contribution in [0.25, 0.3) is 10.9 Å². The quantitative estimate of drug-likeness (QED) is 0.725. The Kier molecular flexibility index (Phi) is 4.65. The van der Waals surface area contributed by atoms with Gasteiger partial charge in [-0.3, -0.25) is 4.98 Å². The Labute approximate surface area is 158 Å². The molecular weight excluding hydrogens is 362 g/mol. The third-order valence-electron chi connectivity index (χ3n) is 4.80. The molecule has 1 N–H and O–H groups in total. The van der Waals surface area contributed by atoms with E-state index in [1.54, 1.807) is 12.4 Å². The van der Waals surface area contributed by atoms with Crippen LogP contribution in [0, 0.1) is 0 Å². The number of benzene rings is 1. The van der Waals surface area contributed by atoms with Crippen molar-refractivity contribution in [3.63, 3.8) is 0 Å². The Morgan fingerprint density at radius 2 is 2.00 bits per heavy atom. The van der Waals surface area contributed by atoms with Gasteiger partial charge in [0, 0.05) is 30.4 Å². The van der Waals surface area contributed by atoms with Crippen molar-refractivity contribution in [3.05, 3.63) is 48.8 Å². The number of pyridine rings is 1. The molecule has 3 aromatic rings. The predicted molar refractivity (Wildman–Crippen MR) is 107 cm³/mol. The summed E-state index contributed by atoms with van der Waals surface area (Å²) < 4.78 is 23.7. The van der Waals surface area contributed by atoms with Crippen LogP contribution in [0.15, 0.2) is 48.8 Å². The van der Waals surface area contributed by atoms with Crippen molar-refractivity contribution >= 4 is 38.2 Å². The van der Waals surface area contributed by atoms with Gasteiger partial charge in [0.1, 0.15) is 5.82 Å². The van der Waals surface area contributed by atoms with E-state index in [1.807, 2.05) is 48.2 Å². The Balaban J connectivity index is 1.62. The molecule has 2 aromatic heterocycles. The molecule has 27 heavy (non-hydrogen) atoms. The minimum Gasteiger partial charge on any atom is -0.353 e. The molecule has 1 fully saturated rings. The smallest absolute Gasteiger partial charge is 0.229 e. The number of anilines is 3. The van der Waals surface area contributed by atoms with Crippen molar-refractivity contribution < 1.29 is 8.42 Å². The SMILES string of the molecule is CCN(c1ccnc(Nc2cccc3cccnc23)n1)C1CCS(=O)(=O)C1. The van der Waals surface area contributed by atoms with Crippen LogP contribution in [0.4, 0.5) is 17.5 Å². The zero-order valence-corrected chi connectivity index (χ0v) is 15.9. The summed E-state index contributed by atoms with van der Waals surface area (Å²) in [5, 5.41) is 4.28. The first-order valence-corrected chi connectivity index (χ1v) is 10.8. The average molecular weight is 383 g/mol. The number of fused-ring (bicyclic) bond motifs is 1. The van der Waals surface area contributed by atoms with Crippen LogP contribution >= 0.6 is 0 Å². The highest BCUT2D eigenvalue weighted by Crippen LogP contribution is 2.26. The Morgan fingerprint density at radius 3 is 2.78 bits per heavy atom. The Hall–Kier alpha value is -2.74. The van der Waals surface area contributed by atoms with Gasteiger partial charge in [-0.1, -0.05) is 18.2 Å².